The third-order valence-corrected chi connectivity index (χ3v) is 3.77. The molecule has 1 heterocycles. The van der Waals surface area contributed by atoms with Gasteiger partial charge in [-0.1, -0.05) is 13.8 Å². The van der Waals surface area contributed by atoms with E-state index in [9.17, 15) is 4.39 Å². The molecular weight excluding hydrogens is 372 g/mol. The van der Waals surface area contributed by atoms with Gasteiger partial charge >= 0.3 is 0 Å². The summed E-state index contributed by atoms with van der Waals surface area (Å²) in [5.41, 5.74) is 7.38. The molecule has 20 heavy (non-hydrogen) atoms. The molecule has 6 heteroatoms. The predicted octanol–water partition coefficient (Wildman–Crippen LogP) is 3.42. The molecule has 0 atom stereocenters. The van der Waals surface area contributed by atoms with Crippen molar-refractivity contribution in [2.75, 3.05) is 18.9 Å². The number of halogens is 2. The highest BCUT2D eigenvalue weighted by atomic mass is 127. The van der Waals surface area contributed by atoms with Gasteiger partial charge in [-0.15, -0.1) is 0 Å². The van der Waals surface area contributed by atoms with Crippen molar-refractivity contribution in [1.82, 2.24) is 9.55 Å². The zero-order valence-electron chi connectivity index (χ0n) is 11.7. The molecule has 0 aliphatic carbocycles. The fraction of sp³-hybridized carbons (Fsp3) is 0.500. The number of fused-ring (bicyclic) bond motifs is 1. The van der Waals surface area contributed by atoms with Gasteiger partial charge in [0.15, 0.2) is 0 Å². The lowest BCUT2D eigenvalue weighted by molar-refractivity contribution is 0.105. The first-order valence-corrected chi connectivity index (χ1v) is 7.75. The molecule has 1 aromatic carbocycles. The van der Waals surface area contributed by atoms with Crippen molar-refractivity contribution >= 4 is 39.6 Å². The second-order valence-electron chi connectivity index (χ2n) is 5.20. The highest BCUT2D eigenvalue weighted by molar-refractivity contribution is 14.1. The summed E-state index contributed by atoms with van der Waals surface area (Å²) in [6.07, 6.45) is 0.829. The van der Waals surface area contributed by atoms with Crippen LogP contribution in [-0.4, -0.2) is 22.8 Å². The van der Waals surface area contributed by atoms with Crippen LogP contribution in [0.25, 0.3) is 11.0 Å². The summed E-state index contributed by atoms with van der Waals surface area (Å²) in [6.45, 7) is 6.34. The lowest BCUT2D eigenvalue weighted by Gasteiger charge is -2.09. The van der Waals surface area contributed by atoms with E-state index in [1.54, 1.807) is 6.07 Å². The van der Waals surface area contributed by atoms with Crippen LogP contribution < -0.4 is 5.73 Å². The number of benzene rings is 1. The van der Waals surface area contributed by atoms with Gasteiger partial charge < -0.3 is 15.0 Å². The molecule has 0 fully saturated rings. The number of rotatable bonds is 6. The van der Waals surface area contributed by atoms with Gasteiger partial charge in [0.2, 0.25) is 5.95 Å². The first-order valence-electron chi connectivity index (χ1n) is 6.67. The van der Waals surface area contributed by atoms with Gasteiger partial charge in [0.1, 0.15) is 5.82 Å². The molecule has 0 unspecified atom stereocenters. The summed E-state index contributed by atoms with van der Waals surface area (Å²) < 4.78 is 21.6. The minimum absolute atomic E-state index is 0.240. The summed E-state index contributed by atoms with van der Waals surface area (Å²) in [5.74, 6) is 0.714. The Morgan fingerprint density at radius 1 is 1.45 bits per heavy atom. The van der Waals surface area contributed by atoms with Crippen molar-refractivity contribution in [2.45, 2.75) is 26.8 Å². The summed E-state index contributed by atoms with van der Waals surface area (Å²) in [6, 6.07) is 3.21. The summed E-state index contributed by atoms with van der Waals surface area (Å²) in [5, 5.41) is 0. The van der Waals surface area contributed by atoms with Gasteiger partial charge in [-0.25, -0.2) is 9.37 Å². The van der Waals surface area contributed by atoms with Crippen LogP contribution in [-0.2, 0) is 11.3 Å². The lowest BCUT2D eigenvalue weighted by Crippen LogP contribution is -2.08. The molecule has 110 valence electrons. The van der Waals surface area contributed by atoms with Crippen LogP contribution >= 0.6 is 22.6 Å². The first-order chi connectivity index (χ1) is 9.49. The molecule has 2 N–H and O–H groups in total. The number of ether oxygens (including phenoxy) is 1. The van der Waals surface area contributed by atoms with E-state index < -0.39 is 0 Å². The molecule has 0 radical (unpaired) electrons. The normalized spacial score (nSPS) is 11.7. The van der Waals surface area contributed by atoms with E-state index in [0.29, 0.717) is 28.6 Å². The molecule has 0 spiro atoms. The highest BCUT2D eigenvalue weighted by Crippen LogP contribution is 2.23. The smallest absolute Gasteiger partial charge is 0.201 e. The van der Waals surface area contributed by atoms with Gasteiger partial charge in [-0.3, -0.25) is 0 Å². The maximum absolute atomic E-state index is 13.7. The SMILES string of the molecule is CC(C)COCCCn1c(N)nc2cc(I)c(F)cc21. The highest BCUT2D eigenvalue weighted by Gasteiger charge is 2.11. The molecule has 0 amide bonds. The van der Waals surface area contributed by atoms with Crippen molar-refractivity contribution < 1.29 is 9.13 Å². The fourth-order valence-corrected chi connectivity index (χ4v) is 2.47. The number of hydrogen-bond donors (Lipinski definition) is 1. The van der Waals surface area contributed by atoms with Gasteiger partial charge in [0.05, 0.1) is 14.6 Å². The predicted molar refractivity (Wildman–Crippen MR) is 87.1 cm³/mol. The third kappa shape index (κ3) is 3.60. The minimum Gasteiger partial charge on any atom is -0.381 e. The Morgan fingerprint density at radius 3 is 2.90 bits per heavy atom. The molecule has 2 rings (SSSR count). The monoisotopic (exact) mass is 391 g/mol. The maximum Gasteiger partial charge on any atom is 0.201 e. The van der Waals surface area contributed by atoms with Crippen LogP contribution in [0, 0.1) is 15.3 Å². The van der Waals surface area contributed by atoms with E-state index in [0.717, 1.165) is 24.1 Å². The van der Waals surface area contributed by atoms with Gasteiger partial charge in [0.25, 0.3) is 0 Å². The van der Waals surface area contributed by atoms with Crippen LogP contribution in [0.5, 0.6) is 0 Å². The van der Waals surface area contributed by atoms with Crippen LogP contribution in [0.2, 0.25) is 0 Å². The number of nitrogens with two attached hydrogens (primary N) is 1. The zero-order valence-corrected chi connectivity index (χ0v) is 13.9. The van der Waals surface area contributed by atoms with Crippen molar-refractivity contribution in [3.63, 3.8) is 0 Å². The standard InChI is InChI=1S/C14H19FIN3O/c1-9(2)8-20-5-3-4-19-13-6-10(15)11(16)7-12(13)18-14(19)17/h6-7,9H,3-5,8H2,1-2H3,(H2,17,18). The Bertz CT molecular complexity index is 598. The molecular formula is C14H19FIN3O. The van der Waals surface area contributed by atoms with Crippen molar-refractivity contribution in [3.8, 4) is 0 Å². The molecule has 4 nitrogen and oxygen atoms in total. The molecule has 0 aliphatic rings. The van der Waals surface area contributed by atoms with Gasteiger partial charge in [-0.05, 0) is 41.0 Å². The van der Waals surface area contributed by atoms with Crippen molar-refractivity contribution in [1.29, 1.82) is 0 Å². The topological polar surface area (TPSA) is 53.1 Å². The molecule has 0 saturated heterocycles. The average molecular weight is 391 g/mol. The molecule has 1 aromatic heterocycles. The lowest BCUT2D eigenvalue weighted by atomic mass is 10.2. The van der Waals surface area contributed by atoms with E-state index in [-0.39, 0.29) is 5.82 Å². The van der Waals surface area contributed by atoms with Crippen LogP contribution in [0.15, 0.2) is 12.1 Å². The third-order valence-electron chi connectivity index (χ3n) is 2.94. The van der Waals surface area contributed by atoms with E-state index in [4.69, 9.17) is 10.5 Å². The molecule has 0 bridgehead atoms. The van der Waals surface area contributed by atoms with Crippen LogP contribution in [0.3, 0.4) is 0 Å². The number of aromatic nitrogens is 2. The summed E-state index contributed by atoms with van der Waals surface area (Å²) in [7, 11) is 0. The minimum atomic E-state index is -0.240. The number of aryl methyl sites for hydroxylation is 1. The largest absolute Gasteiger partial charge is 0.381 e. The Kier molecular flexibility index (Phi) is 5.20. The van der Waals surface area contributed by atoms with E-state index >= 15 is 0 Å². The van der Waals surface area contributed by atoms with Crippen molar-refractivity contribution in [3.05, 3.63) is 21.5 Å². The van der Waals surface area contributed by atoms with E-state index in [1.807, 2.05) is 27.2 Å². The fourth-order valence-electron chi connectivity index (χ4n) is 2.02. The number of imidazole rings is 1. The molecule has 2 aromatic rings. The van der Waals surface area contributed by atoms with Gasteiger partial charge in [0, 0.05) is 25.8 Å². The maximum atomic E-state index is 13.7. The zero-order chi connectivity index (χ0) is 14.7. The number of anilines is 1. The van der Waals surface area contributed by atoms with Crippen LogP contribution in [0.4, 0.5) is 10.3 Å². The first kappa shape index (κ1) is 15.5. The second-order valence-corrected chi connectivity index (χ2v) is 6.36. The molecule has 0 saturated carbocycles. The quantitative estimate of drug-likeness (QED) is 0.607. The molecule has 0 aliphatic heterocycles. The number of nitrogens with zero attached hydrogens (tertiary/aromatic N) is 2. The Morgan fingerprint density at radius 2 is 2.20 bits per heavy atom. The van der Waals surface area contributed by atoms with E-state index in [2.05, 4.69) is 18.8 Å². The Balaban J connectivity index is 2.06. The Hall–Kier alpha value is -0.890. The summed E-state index contributed by atoms with van der Waals surface area (Å²) in [4.78, 5) is 4.27. The average Bonchev–Trinajstić information content (AvgIpc) is 2.65. The van der Waals surface area contributed by atoms with Gasteiger partial charge in [-0.2, -0.15) is 0 Å². The second kappa shape index (κ2) is 6.71. The van der Waals surface area contributed by atoms with E-state index in [1.165, 1.54) is 6.07 Å². The number of hydrogen-bond acceptors (Lipinski definition) is 3. The van der Waals surface area contributed by atoms with Crippen molar-refractivity contribution in [2.24, 2.45) is 5.92 Å². The number of nitrogen functional groups attached to an aromatic ring is 1. The van der Waals surface area contributed by atoms with Crippen LogP contribution in [0.1, 0.15) is 20.3 Å². The summed E-state index contributed by atoms with van der Waals surface area (Å²) >= 11 is 1.95. The Labute approximate surface area is 131 Å².